The SMILES string of the molecule is O=C(O)[C@@H]1C[C@@H](S(=O)(=O)c2ccc(N3CCN4CCC=C4C3)cc2Cl)CN1C(=O)C1(C(F)(F)F)CC1. The lowest BCUT2D eigenvalue weighted by atomic mass is 10.0. The number of rotatable bonds is 5. The van der Waals surface area contributed by atoms with Gasteiger partial charge in [-0.1, -0.05) is 17.7 Å². The Morgan fingerprint density at radius 3 is 2.42 bits per heavy atom. The van der Waals surface area contributed by atoms with Gasteiger partial charge in [0.15, 0.2) is 9.84 Å². The maximum absolute atomic E-state index is 13.5. The number of carbonyl (C=O) groups is 2. The molecule has 36 heavy (non-hydrogen) atoms. The number of benzene rings is 1. The number of hydrogen-bond acceptors (Lipinski definition) is 6. The van der Waals surface area contributed by atoms with Crippen LogP contribution in [-0.2, 0) is 19.4 Å². The number of likely N-dealkylation sites (tertiary alicyclic amines) is 1. The van der Waals surface area contributed by atoms with Gasteiger partial charge in [-0.2, -0.15) is 13.2 Å². The molecule has 0 unspecified atom stereocenters. The van der Waals surface area contributed by atoms with Crippen molar-refractivity contribution in [3.05, 3.63) is 35.0 Å². The first kappa shape index (κ1) is 25.2. The highest BCUT2D eigenvalue weighted by atomic mass is 35.5. The molecule has 3 aliphatic heterocycles. The van der Waals surface area contributed by atoms with E-state index >= 15 is 0 Å². The molecule has 1 amide bonds. The third-order valence-corrected chi connectivity index (χ3v) is 10.3. The highest BCUT2D eigenvalue weighted by Crippen LogP contribution is 2.59. The Morgan fingerprint density at radius 1 is 1.11 bits per heavy atom. The average molecular weight is 548 g/mol. The fourth-order valence-corrected chi connectivity index (χ4v) is 7.65. The highest BCUT2D eigenvalue weighted by molar-refractivity contribution is 7.92. The Balaban J connectivity index is 1.38. The molecule has 0 spiro atoms. The van der Waals surface area contributed by atoms with E-state index in [0.717, 1.165) is 31.7 Å². The van der Waals surface area contributed by atoms with Crippen molar-refractivity contribution in [3.63, 3.8) is 0 Å². The molecule has 0 bridgehead atoms. The zero-order valence-corrected chi connectivity index (χ0v) is 20.7. The highest BCUT2D eigenvalue weighted by Gasteiger charge is 2.70. The van der Waals surface area contributed by atoms with Crippen LogP contribution in [0, 0.1) is 5.41 Å². The molecule has 13 heteroatoms. The van der Waals surface area contributed by atoms with Gasteiger partial charge in [0.25, 0.3) is 0 Å². The van der Waals surface area contributed by atoms with Gasteiger partial charge in [-0.15, -0.1) is 0 Å². The van der Waals surface area contributed by atoms with Gasteiger partial charge in [0.05, 0.1) is 21.7 Å². The molecular formula is C23H25ClF3N3O5S. The van der Waals surface area contributed by atoms with Crippen LogP contribution in [0.1, 0.15) is 25.7 Å². The van der Waals surface area contributed by atoms with Crippen LogP contribution < -0.4 is 4.90 Å². The number of fused-ring (bicyclic) bond motifs is 1. The maximum atomic E-state index is 13.5. The molecule has 2 saturated heterocycles. The standard InChI is InChI=1S/C23H25ClF3N3O5S/c24-17-10-14(29-9-8-28-7-1-2-15(28)12-29)3-4-19(17)36(34,35)16-11-18(20(31)32)30(13-16)21(33)22(5-6-22)23(25,26)27/h2-4,10,16,18H,1,5-9,11-13H2,(H,31,32)/t16-,18+/m1/s1. The number of hydrogen-bond donors (Lipinski definition) is 1. The lowest BCUT2D eigenvalue weighted by Gasteiger charge is -2.37. The molecule has 1 aromatic rings. The Kier molecular flexibility index (Phi) is 5.98. The zero-order chi connectivity index (χ0) is 26.0. The van der Waals surface area contributed by atoms with E-state index in [0.29, 0.717) is 11.4 Å². The molecule has 1 saturated carbocycles. The van der Waals surface area contributed by atoms with Gasteiger partial charge < -0.3 is 19.8 Å². The number of carbonyl (C=O) groups excluding carboxylic acids is 1. The molecule has 1 aliphatic carbocycles. The van der Waals surface area contributed by atoms with Gasteiger partial charge in [-0.05, 0) is 43.9 Å². The van der Waals surface area contributed by atoms with Crippen LogP contribution in [0.4, 0.5) is 18.9 Å². The normalized spacial score (nSPS) is 25.6. The summed E-state index contributed by atoms with van der Waals surface area (Å²) in [6.45, 7) is 2.60. The molecule has 0 radical (unpaired) electrons. The van der Waals surface area contributed by atoms with Crippen molar-refractivity contribution in [3.8, 4) is 0 Å². The quantitative estimate of drug-likeness (QED) is 0.605. The van der Waals surface area contributed by atoms with Crippen LogP contribution in [0.2, 0.25) is 5.02 Å². The van der Waals surface area contributed by atoms with E-state index in [9.17, 15) is 36.3 Å². The Morgan fingerprint density at radius 2 is 1.81 bits per heavy atom. The summed E-state index contributed by atoms with van der Waals surface area (Å²) in [7, 11) is -4.23. The van der Waals surface area contributed by atoms with Crippen molar-refractivity contribution >= 4 is 39.0 Å². The first-order valence-electron chi connectivity index (χ1n) is 11.7. The second-order valence-electron chi connectivity index (χ2n) is 9.80. The number of nitrogens with zero attached hydrogens (tertiary/aromatic N) is 3. The van der Waals surface area contributed by atoms with E-state index in [-0.39, 0.29) is 9.92 Å². The lowest BCUT2D eigenvalue weighted by molar-refractivity contribution is -0.199. The number of halogens is 4. The summed E-state index contributed by atoms with van der Waals surface area (Å²) in [6, 6.07) is 2.85. The Bertz CT molecular complexity index is 1250. The summed E-state index contributed by atoms with van der Waals surface area (Å²) in [5.41, 5.74) is -0.687. The van der Waals surface area contributed by atoms with Crippen molar-refractivity contribution in [1.82, 2.24) is 9.80 Å². The first-order chi connectivity index (χ1) is 16.8. The van der Waals surface area contributed by atoms with Gasteiger partial charge in [0, 0.05) is 37.6 Å². The van der Waals surface area contributed by atoms with Crippen LogP contribution in [0.5, 0.6) is 0 Å². The number of piperazine rings is 1. The summed E-state index contributed by atoms with van der Waals surface area (Å²) in [5.74, 6) is -2.91. The smallest absolute Gasteiger partial charge is 0.403 e. The molecular weight excluding hydrogens is 523 g/mol. The second-order valence-corrected chi connectivity index (χ2v) is 12.4. The van der Waals surface area contributed by atoms with Crippen molar-refractivity contribution in [1.29, 1.82) is 0 Å². The van der Waals surface area contributed by atoms with Gasteiger partial charge in [-0.25, -0.2) is 13.2 Å². The number of carboxylic acids is 1. The van der Waals surface area contributed by atoms with Crippen molar-refractivity contribution < 1.29 is 36.3 Å². The summed E-state index contributed by atoms with van der Waals surface area (Å²) in [4.78, 5) is 29.3. The molecule has 1 aromatic carbocycles. The molecule has 2 atom stereocenters. The minimum absolute atomic E-state index is 0.0547. The van der Waals surface area contributed by atoms with E-state index in [4.69, 9.17) is 11.6 Å². The fourth-order valence-electron chi connectivity index (χ4n) is 5.41. The summed E-state index contributed by atoms with van der Waals surface area (Å²) >= 11 is 6.39. The second kappa shape index (κ2) is 8.54. The van der Waals surface area contributed by atoms with Crippen LogP contribution in [0.3, 0.4) is 0 Å². The van der Waals surface area contributed by atoms with Gasteiger partial charge in [-0.3, -0.25) is 4.79 Å². The van der Waals surface area contributed by atoms with Gasteiger partial charge in [0.1, 0.15) is 11.5 Å². The molecule has 5 rings (SSSR count). The molecule has 1 N–H and O–H groups in total. The first-order valence-corrected chi connectivity index (χ1v) is 13.6. The molecule has 3 fully saturated rings. The summed E-state index contributed by atoms with van der Waals surface area (Å²) < 4.78 is 67.3. The number of carboxylic acid groups (broad SMARTS) is 1. The van der Waals surface area contributed by atoms with Gasteiger partial charge in [0.2, 0.25) is 5.91 Å². The number of anilines is 1. The molecule has 8 nitrogen and oxygen atoms in total. The number of amides is 1. The molecule has 196 valence electrons. The lowest BCUT2D eigenvalue weighted by Crippen LogP contribution is -2.48. The van der Waals surface area contributed by atoms with Gasteiger partial charge >= 0.3 is 12.1 Å². The van der Waals surface area contributed by atoms with E-state index < -0.39 is 70.4 Å². The van der Waals surface area contributed by atoms with Crippen molar-refractivity contribution in [2.75, 3.05) is 37.6 Å². The molecule has 0 aromatic heterocycles. The number of aliphatic carboxylic acids is 1. The van der Waals surface area contributed by atoms with Crippen molar-refractivity contribution in [2.45, 2.75) is 48.0 Å². The third kappa shape index (κ3) is 4.02. The van der Waals surface area contributed by atoms with E-state index in [1.54, 1.807) is 6.07 Å². The van der Waals surface area contributed by atoms with Crippen LogP contribution >= 0.6 is 11.6 Å². The zero-order valence-electron chi connectivity index (χ0n) is 19.2. The van der Waals surface area contributed by atoms with Crippen LogP contribution in [0.25, 0.3) is 0 Å². The van der Waals surface area contributed by atoms with E-state index in [2.05, 4.69) is 15.9 Å². The van der Waals surface area contributed by atoms with E-state index in [1.807, 2.05) is 0 Å². The summed E-state index contributed by atoms with van der Waals surface area (Å²) in [5, 5.41) is 8.12. The number of sulfone groups is 1. The topological polar surface area (TPSA) is 98.2 Å². The van der Waals surface area contributed by atoms with Crippen LogP contribution in [0.15, 0.2) is 34.9 Å². The molecule has 3 heterocycles. The summed E-state index contributed by atoms with van der Waals surface area (Å²) in [6.07, 6.45) is -3.05. The minimum Gasteiger partial charge on any atom is -0.480 e. The Hall–Kier alpha value is -2.47. The number of alkyl halides is 3. The van der Waals surface area contributed by atoms with Crippen LogP contribution in [-0.4, -0.2) is 85.4 Å². The third-order valence-electron chi connectivity index (χ3n) is 7.71. The average Bonchev–Trinajstić information content (AvgIpc) is 3.30. The van der Waals surface area contributed by atoms with Crippen molar-refractivity contribution in [2.24, 2.45) is 5.41 Å². The maximum Gasteiger partial charge on any atom is 0.403 e. The minimum atomic E-state index is -4.83. The molecule has 4 aliphatic rings. The predicted octanol–water partition coefficient (Wildman–Crippen LogP) is 2.92. The van der Waals surface area contributed by atoms with E-state index in [1.165, 1.54) is 17.8 Å². The Labute approximate surface area is 211 Å². The largest absolute Gasteiger partial charge is 0.480 e. The fraction of sp³-hybridized carbons (Fsp3) is 0.565. The monoisotopic (exact) mass is 547 g/mol. The predicted molar refractivity (Wildman–Crippen MR) is 124 cm³/mol.